The standard InChI is InChI=1S/C16H28N4O10S2/c1-9(2)27-13(21)17-18(14(22)28-10(3)4)32(26)20(16(24)30-12(7)8)19(31(17)25)15(23)29-11(5)6/h9-12H,1-8H3. The molecule has 0 unspecified atom stereocenters. The van der Waals surface area contributed by atoms with Crippen LogP contribution >= 0.6 is 0 Å². The molecule has 0 aliphatic carbocycles. The first kappa shape index (κ1) is 27.4. The summed E-state index contributed by atoms with van der Waals surface area (Å²) >= 11 is -5.97. The Balaban J connectivity index is 3.62. The van der Waals surface area contributed by atoms with E-state index in [9.17, 15) is 27.6 Å². The van der Waals surface area contributed by atoms with Crippen LogP contribution < -0.4 is 0 Å². The zero-order valence-corrected chi connectivity index (χ0v) is 20.6. The van der Waals surface area contributed by atoms with Gasteiger partial charge in [-0.1, -0.05) is 17.7 Å². The summed E-state index contributed by atoms with van der Waals surface area (Å²) in [6.07, 6.45) is -8.55. The number of amides is 4. The molecule has 1 aliphatic rings. The van der Waals surface area contributed by atoms with Crippen LogP contribution in [0.15, 0.2) is 0 Å². The van der Waals surface area contributed by atoms with Gasteiger partial charge in [0.15, 0.2) is 0 Å². The summed E-state index contributed by atoms with van der Waals surface area (Å²) < 4.78 is 46.7. The predicted octanol–water partition coefficient (Wildman–Crippen LogP) is 2.38. The van der Waals surface area contributed by atoms with E-state index < -0.39 is 71.1 Å². The molecule has 184 valence electrons. The lowest BCUT2D eigenvalue weighted by atomic mass is 10.5. The van der Waals surface area contributed by atoms with Crippen LogP contribution in [0.4, 0.5) is 19.2 Å². The molecule has 0 atom stereocenters. The third-order valence-corrected chi connectivity index (χ3v) is 5.53. The van der Waals surface area contributed by atoms with E-state index in [1.807, 2.05) is 0 Å². The van der Waals surface area contributed by atoms with E-state index in [2.05, 4.69) is 0 Å². The summed E-state index contributed by atoms with van der Waals surface area (Å²) in [5.41, 5.74) is 0. The summed E-state index contributed by atoms with van der Waals surface area (Å²) in [5.74, 6) is 0. The largest absolute Gasteiger partial charge is 0.445 e. The average Bonchev–Trinajstić information content (AvgIpc) is 2.59. The Hall–Kier alpha value is -2.62. The van der Waals surface area contributed by atoms with Crippen LogP contribution in [0.3, 0.4) is 0 Å². The Labute approximate surface area is 191 Å². The van der Waals surface area contributed by atoms with Crippen LogP contribution in [0.1, 0.15) is 55.4 Å². The van der Waals surface area contributed by atoms with Gasteiger partial charge in [0, 0.05) is 0 Å². The van der Waals surface area contributed by atoms with Crippen LogP contribution in [-0.4, -0.2) is 74.9 Å². The van der Waals surface area contributed by atoms with E-state index in [-0.39, 0.29) is 17.7 Å². The Bertz CT molecular complexity index is 665. The fourth-order valence-corrected chi connectivity index (χ4v) is 4.37. The summed E-state index contributed by atoms with van der Waals surface area (Å²) in [7, 11) is 0. The fourth-order valence-electron chi connectivity index (χ4n) is 1.94. The fraction of sp³-hybridized carbons (Fsp3) is 0.750. The van der Waals surface area contributed by atoms with Gasteiger partial charge in [-0.05, 0) is 55.4 Å². The smallest absolute Gasteiger partial charge is 0.444 e. The van der Waals surface area contributed by atoms with E-state index in [0.717, 1.165) is 0 Å². The minimum Gasteiger partial charge on any atom is -0.445 e. The minimum absolute atomic E-state index is 0.0988. The van der Waals surface area contributed by atoms with Gasteiger partial charge >= 0.3 is 24.4 Å². The summed E-state index contributed by atoms with van der Waals surface area (Å²) in [4.78, 5) is 50.5. The molecule has 0 spiro atoms. The lowest BCUT2D eigenvalue weighted by Crippen LogP contribution is -2.69. The molecule has 0 bridgehead atoms. The van der Waals surface area contributed by atoms with Gasteiger partial charge in [-0.2, -0.15) is 0 Å². The topological polar surface area (TPSA) is 152 Å². The number of ether oxygens (including phenoxy) is 4. The number of hydrogen-bond acceptors (Lipinski definition) is 10. The predicted molar refractivity (Wildman–Crippen MR) is 110 cm³/mol. The second kappa shape index (κ2) is 11.3. The van der Waals surface area contributed by atoms with Crippen LogP contribution in [0.25, 0.3) is 0 Å². The number of rotatable bonds is 4. The van der Waals surface area contributed by atoms with Crippen molar-refractivity contribution in [2.45, 2.75) is 79.8 Å². The number of carbonyl (C=O) groups excluding carboxylic acids is 4. The van der Waals surface area contributed by atoms with Gasteiger partial charge in [0.2, 0.25) is 0 Å². The van der Waals surface area contributed by atoms with Crippen LogP contribution in [0.2, 0.25) is 0 Å². The molecule has 32 heavy (non-hydrogen) atoms. The van der Waals surface area contributed by atoms with E-state index in [1.165, 1.54) is 55.4 Å². The Morgan fingerprint density at radius 1 is 0.469 bits per heavy atom. The molecule has 1 heterocycles. The highest BCUT2D eigenvalue weighted by atomic mass is 32.2. The Kier molecular flexibility index (Phi) is 9.69. The highest BCUT2D eigenvalue weighted by Gasteiger charge is 2.55. The van der Waals surface area contributed by atoms with Gasteiger partial charge < -0.3 is 18.9 Å². The monoisotopic (exact) mass is 500 g/mol. The molecule has 0 radical (unpaired) electrons. The van der Waals surface area contributed by atoms with Gasteiger partial charge in [0.05, 0.1) is 24.4 Å². The molecule has 0 aromatic heterocycles. The first-order valence-corrected chi connectivity index (χ1v) is 11.7. The van der Waals surface area contributed by atoms with Crippen LogP contribution in [-0.2, 0) is 41.3 Å². The van der Waals surface area contributed by atoms with Gasteiger partial charge in [0.1, 0.15) is 0 Å². The van der Waals surface area contributed by atoms with Gasteiger partial charge in [0.25, 0.3) is 22.3 Å². The van der Waals surface area contributed by atoms with Gasteiger partial charge in [-0.25, -0.2) is 27.6 Å². The Morgan fingerprint density at radius 3 is 0.750 bits per heavy atom. The maximum atomic E-state index is 13.2. The lowest BCUT2D eigenvalue weighted by Gasteiger charge is -2.42. The molecule has 1 fully saturated rings. The van der Waals surface area contributed by atoms with Crippen molar-refractivity contribution in [3.05, 3.63) is 0 Å². The molecule has 16 heteroatoms. The van der Waals surface area contributed by atoms with Crippen molar-refractivity contribution >= 4 is 46.7 Å². The van der Waals surface area contributed by atoms with Gasteiger partial charge in [-0.3, -0.25) is 0 Å². The molecule has 0 N–H and O–H groups in total. The summed E-state index contributed by atoms with van der Waals surface area (Å²) in [5, 5.41) is 0. The number of hydrogen-bond donors (Lipinski definition) is 0. The van der Waals surface area contributed by atoms with Gasteiger partial charge in [-0.15, -0.1) is 0 Å². The molecule has 14 nitrogen and oxygen atoms in total. The van der Waals surface area contributed by atoms with Crippen LogP contribution in [0, 0.1) is 0 Å². The van der Waals surface area contributed by atoms with Crippen molar-refractivity contribution in [3.63, 3.8) is 0 Å². The van der Waals surface area contributed by atoms with E-state index >= 15 is 0 Å². The van der Waals surface area contributed by atoms with E-state index in [4.69, 9.17) is 18.9 Å². The highest BCUT2D eigenvalue weighted by Crippen LogP contribution is 2.27. The molecule has 1 rings (SSSR count). The summed E-state index contributed by atoms with van der Waals surface area (Å²) in [6.45, 7) is 11.7. The quantitative estimate of drug-likeness (QED) is 0.526. The SMILES string of the molecule is CC(C)OC(=O)N1N(C(=O)OC(C)C)S(=O)N(C(=O)OC(C)C)N(C(=O)OC(C)C)S1=O. The molecular formula is C16H28N4O10S2. The molecule has 1 saturated heterocycles. The average molecular weight is 501 g/mol. The van der Waals surface area contributed by atoms with Crippen molar-refractivity contribution in [2.75, 3.05) is 0 Å². The molecule has 0 saturated carbocycles. The van der Waals surface area contributed by atoms with Crippen molar-refractivity contribution in [1.29, 1.82) is 0 Å². The molecule has 1 aliphatic heterocycles. The zero-order valence-electron chi connectivity index (χ0n) is 19.0. The zero-order chi connectivity index (χ0) is 24.9. The number of nitrogens with zero attached hydrogens (tertiary/aromatic N) is 4. The van der Waals surface area contributed by atoms with Crippen LogP contribution in [0.5, 0.6) is 0 Å². The maximum absolute atomic E-state index is 13.2. The first-order chi connectivity index (χ1) is 14.7. The normalized spacial score (nSPS) is 19.0. The molecule has 0 aromatic rings. The molecular weight excluding hydrogens is 472 g/mol. The van der Waals surface area contributed by atoms with E-state index in [1.54, 1.807) is 0 Å². The van der Waals surface area contributed by atoms with Crippen molar-refractivity contribution < 1.29 is 46.5 Å². The Morgan fingerprint density at radius 2 is 0.625 bits per heavy atom. The third kappa shape index (κ3) is 6.69. The summed E-state index contributed by atoms with van der Waals surface area (Å²) in [6, 6.07) is 0. The second-order valence-corrected chi connectivity index (χ2v) is 9.59. The van der Waals surface area contributed by atoms with Crippen molar-refractivity contribution in [2.24, 2.45) is 0 Å². The first-order valence-electron chi connectivity index (χ1n) is 9.55. The third-order valence-electron chi connectivity index (χ3n) is 2.89. The van der Waals surface area contributed by atoms with E-state index in [0.29, 0.717) is 0 Å². The number of hydrazine groups is 2. The second-order valence-electron chi connectivity index (χ2n) is 7.28. The highest BCUT2D eigenvalue weighted by molar-refractivity contribution is 7.87. The molecule has 0 aromatic carbocycles. The minimum atomic E-state index is -2.99. The van der Waals surface area contributed by atoms with Crippen molar-refractivity contribution in [3.8, 4) is 0 Å². The maximum Gasteiger partial charge on any atom is 0.444 e. The lowest BCUT2D eigenvalue weighted by molar-refractivity contribution is 0.00974. The van der Waals surface area contributed by atoms with Crippen molar-refractivity contribution in [1.82, 2.24) is 17.7 Å². The number of carbonyl (C=O) groups is 4. The molecule has 4 amide bonds.